The number of nitrogens with one attached hydrogen (secondary N) is 1. The fourth-order valence-corrected chi connectivity index (χ4v) is 13.8. The summed E-state index contributed by atoms with van der Waals surface area (Å²) in [7, 11) is -3.97. The maximum Gasteiger partial charge on any atom is 0.437 e. The Kier molecular flexibility index (Phi) is 20.0. The quantitative estimate of drug-likeness (QED) is 0.0862. The van der Waals surface area contributed by atoms with Crippen molar-refractivity contribution in [3.05, 3.63) is 107 Å². The molecule has 10 rings (SSSR count). The lowest BCUT2D eigenvalue weighted by atomic mass is 9.90. The number of aliphatic hydroxyl groups excluding tert-OH is 1. The number of anilines is 4. The van der Waals surface area contributed by atoms with Crippen LogP contribution in [-0.4, -0.2) is 222 Å². The van der Waals surface area contributed by atoms with Crippen LogP contribution < -0.4 is 19.9 Å². The third-order valence-electron chi connectivity index (χ3n) is 18.0. The van der Waals surface area contributed by atoms with E-state index in [1.54, 1.807) is 87.8 Å². The van der Waals surface area contributed by atoms with Crippen molar-refractivity contribution in [1.82, 2.24) is 59.2 Å². The number of aromatic nitrogens is 7. The number of aliphatic hydroxyl groups is 1. The normalized spacial score (nSPS) is 19.6. The highest BCUT2D eigenvalue weighted by Gasteiger charge is 2.44. The molecule has 3 fully saturated rings. The molecule has 3 amide bonds. The smallest absolute Gasteiger partial charge is 0.437 e. The number of hydrogen-bond donors (Lipinski definition) is 2. The fraction of sp³-hybridized carbons (Fsp3) is 0.559. The molecule has 2 aromatic carbocycles. The molecule has 3 saturated heterocycles. The highest BCUT2D eigenvalue weighted by molar-refractivity contribution is 7.92. The van der Waals surface area contributed by atoms with Crippen molar-refractivity contribution in [3.63, 3.8) is 0 Å². The highest BCUT2D eigenvalue weighted by atomic mass is 32.2. The molecule has 0 aliphatic carbocycles. The number of ether oxygens (including phenoxy) is 3. The number of pyridine rings is 1. The van der Waals surface area contributed by atoms with Gasteiger partial charge < -0.3 is 44.2 Å². The van der Waals surface area contributed by atoms with Crippen molar-refractivity contribution in [1.29, 1.82) is 0 Å². The molecule has 4 aliphatic rings. The summed E-state index contributed by atoms with van der Waals surface area (Å²) in [6, 6.07) is 10.1. The first kappa shape index (κ1) is 69.8. The third kappa shape index (κ3) is 15.6. The second-order valence-electron chi connectivity index (χ2n) is 29.1. The topological polar surface area (TPSA) is 267 Å². The molecule has 0 radical (unpaired) electrons. The maximum atomic E-state index is 14.7. The van der Waals surface area contributed by atoms with Crippen molar-refractivity contribution >= 4 is 68.0 Å². The molecule has 95 heavy (non-hydrogen) atoms. The van der Waals surface area contributed by atoms with Gasteiger partial charge in [-0.15, -0.1) is 4.68 Å². The van der Waals surface area contributed by atoms with E-state index in [0.29, 0.717) is 141 Å². The van der Waals surface area contributed by atoms with Gasteiger partial charge in [0.1, 0.15) is 51.7 Å². The summed E-state index contributed by atoms with van der Waals surface area (Å²) in [5.74, 6) is 0.564. The van der Waals surface area contributed by atoms with Gasteiger partial charge in [-0.3, -0.25) is 29.3 Å². The van der Waals surface area contributed by atoms with Gasteiger partial charge in [-0.2, -0.15) is 5.10 Å². The van der Waals surface area contributed by atoms with E-state index in [1.807, 2.05) is 54.5 Å². The van der Waals surface area contributed by atoms with E-state index in [4.69, 9.17) is 29.2 Å². The molecule has 4 atom stereocenters. The fourth-order valence-electron chi connectivity index (χ4n) is 12.5. The van der Waals surface area contributed by atoms with Crippen LogP contribution in [0.15, 0.2) is 72.3 Å². The number of amides is 3. The number of nitrogens with zero attached hydrogens (tertiary/aromatic N) is 14. The van der Waals surface area contributed by atoms with Gasteiger partial charge in [0.25, 0.3) is 5.91 Å². The Bertz CT molecular complexity index is 3940. The second-order valence-corrected chi connectivity index (χ2v) is 31.8. The van der Waals surface area contributed by atoms with Crippen molar-refractivity contribution in [3.8, 4) is 5.75 Å². The molecular weight excluding hydrogens is 1240 g/mol. The SMILES string of the molecule is Cc1nn(C(=O)OC(C)(C)C)c(Nc2ncnc3cc(OCCCN4CCN(C(=O)c5cnc(N6CCN(C[C@H]7CN(C(=O)OC(C)(C)C)[C@H](C)CN7CC(=O)N7CC(C)(C)c8ncc(C(O)c9ccc(F)cc9)cc87)[C@H](C)C6)nc5)CC4)c(S(=O)(=O)C(C)(C)C)cc23)c1C. The molecule has 2 N–H and O–H groups in total. The summed E-state index contributed by atoms with van der Waals surface area (Å²) < 4.78 is 60.1. The summed E-state index contributed by atoms with van der Waals surface area (Å²) in [5.41, 5.74) is 2.50. The first-order valence-electron chi connectivity index (χ1n) is 32.6. The van der Waals surface area contributed by atoms with Crippen LogP contribution >= 0.6 is 0 Å². The number of carbonyl (C=O) groups is 4. The lowest BCUT2D eigenvalue weighted by Crippen LogP contribution is -2.65. The van der Waals surface area contributed by atoms with E-state index in [-0.39, 0.29) is 59.6 Å². The van der Waals surface area contributed by atoms with Crippen LogP contribution in [0.2, 0.25) is 0 Å². The van der Waals surface area contributed by atoms with Crippen molar-refractivity contribution < 1.29 is 51.3 Å². The zero-order chi connectivity index (χ0) is 68.9. The van der Waals surface area contributed by atoms with E-state index in [2.05, 4.69) is 46.9 Å². The van der Waals surface area contributed by atoms with Gasteiger partial charge in [-0.25, -0.2) is 42.3 Å². The maximum absolute atomic E-state index is 14.7. The van der Waals surface area contributed by atoms with Gasteiger partial charge in [0, 0.05) is 143 Å². The average Bonchev–Trinajstić information content (AvgIpc) is 1.75. The largest absolute Gasteiger partial charge is 0.492 e. The van der Waals surface area contributed by atoms with Gasteiger partial charge in [-0.1, -0.05) is 26.0 Å². The lowest BCUT2D eigenvalue weighted by Gasteiger charge is -2.48. The Labute approximate surface area is 556 Å². The molecule has 4 aliphatic heterocycles. The van der Waals surface area contributed by atoms with Gasteiger partial charge in [0.05, 0.1) is 46.1 Å². The number of fused-ring (bicyclic) bond motifs is 2. The number of sulfone groups is 1. The molecule has 8 heterocycles. The molecule has 0 bridgehead atoms. The Morgan fingerprint density at radius 1 is 0.779 bits per heavy atom. The van der Waals surface area contributed by atoms with E-state index in [9.17, 15) is 37.1 Å². The van der Waals surface area contributed by atoms with Crippen LogP contribution in [-0.2, 0) is 29.5 Å². The Morgan fingerprint density at radius 2 is 1.45 bits per heavy atom. The molecule has 1 unspecified atom stereocenters. The van der Waals surface area contributed by atoms with E-state index in [0.717, 1.165) is 10.4 Å². The van der Waals surface area contributed by atoms with Crippen molar-refractivity contribution in [2.24, 2.45) is 0 Å². The van der Waals surface area contributed by atoms with Gasteiger partial charge in [0.15, 0.2) is 9.84 Å². The number of piperazine rings is 3. The van der Waals surface area contributed by atoms with Crippen LogP contribution in [0.5, 0.6) is 5.75 Å². The minimum absolute atomic E-state index is 0.0185. The zero-order valence-corrected chi connectivity index (χ0v) is 58.3. The molecule has 512 valence electrons. The number of hydrogen-bond acceptors (Lipinski definition) is 21. The van der Waals surface area contributed by atoms with Crippen LogP contribution in [0.4, 0.5) is 37.3 Å². The molecule has 6 aromatic rings. The predicted octanol–water partition coefficient (Wildman–Crippen LogP) is 8.32. The second kappa shape index (κ2) is 27.3. The molecule has 4 aromatic heterocycles. The summed E-state index contributed by atoms with van der Waals surface area (Å²) >= 11 is 0. The lowest BCUT2D eigenvalue weighted by molar-refractivity contribution is -0.121. The first-order valence-corrected chi connectivity index (χ1v) is 34.1. The highest BCUT2D eigenvalue weighted by Crippen LogP contribution is 2.42. The molecular formula is C68H92FN15O10S. The Hall–Kier alpha value is -7.98. The predicted molar refractivity (Wildman–Crippen MR) is 359 cm³/mol. The van der Waals surface area contributed by atoms with Crippen LogP contribution in [0, 0.1) is 19.7 Å². The average molecular weight is 1330 g/mol. The minimum Gasteiger partial charge on any atom is -0.492 e. The van der Waals surface area contributed by atoms with Crippen LogP contribution in [0.3, 0.4) is 0 Å². The van der Waals surface area contributed by atoms with Crippen LogP contribution in [0.25, 0.3) is 10.9 Å². The number of rotatable bonds is 16. The summed E-state index contributed by atoms with van der Waals surface area (Å²) in [6.07, 6.45) is 4.56. The molecule has 25 nitrogen and oxygen atoms in total. The monoisotopic (exact) mass is 1330 g/mol. The number of halogens is 1. The summed E-state index contributed by atoms with van der Waals surface area (Å²) in [6.45, 7) is 34.2. The number of aryl methyl sites for hydroxylation is 1. The van der Waals surface area contributed by atoms with Gasteiger partial charge >= 0.3 is 12.2 Å². The molecule has 27 heteroatoms. The van der Waals surface area contributed by atoms with Gasteiger partial charge in [0.2, 0.25) is 11.9 Å². The Balaban J connectivity index is 0.736. The van der Waals surface area contributed by atoms with Crippen molar-refractivity contribution in [2.75, 3.05) is 107 Å². The Morgan fingerprint density at radius 3 is 2.11 bits per heavy atom. The van der Waals surface area contributed by atoms with Crippen molar-refractivity contribution in [2.45, 2.75) is 161 Å². The standard InChI is InChI=1S/C68H92FN15O10S/c1-42-35-80(27-26-79(42)37-50-38-82(63(88)93-65(5,6)7)43(2)36-81(50)39-56(85)83-40-68(14,15)58-53(83)29-47(32-70-58)57(86)46-17-19-49(69)20-18-46)62-71-33-48(34-72-62)61(87)78-24-22-77(23-25-78)21-16-28-92-54-31-52-51(30-55(54)95(90,91)67(11,12)13)59(74-41-73-52)75-60-44(3)45(4)76-84(60)64(89)94-66(8,9)10/h17-20,29-34,41-43,50,57,86H,16,21-28,35-40H2,1-15H3,(H,73,74,75)/t42-,43-,50+,57?/m1/s1. The number of benzene rings is 2. The zero-order valence-electron chi connectivity index (χ0n) is 57.4. The van der Waals surface area contributed by atoms with E-state index < -0.39 is 55.3 Å². The first-order chi connectivity index (χ1) is 44.5. The van der Waals surface area contributed by atoms with E-state index in [1.165, 1.54) is 36.7 Å². The summed E-state index contributed by atoms with van der Waals surface area (Å²) in [4.78, 5) is 93.0. The van der Waals surface area contributed by atoms with Gasteiger partial charge in [-0.05, 0) is 126 Å². The summed E-state index contributed by atoms with van der Waals surface area (Å²) in [5, 5.41) is 19.4. The molecule has 0 saturated carbocycles. The molecule has 0 spiro atoms. The van der Waals surface area contributed by atoms with Crippen LogP contribution in [0.1, 0.15) is 141 Å². The number of carbonyl (C=O) groups excluding carboxylic acids is 4. The van der Waals surface area contributed by atoms with E-state index >= 15 is 0 Å². The third-order valence-corrected chi connectivity index (χ3v) is 20.5. The minimum atomic E-state index is -3.97.